The van der Waals surface area contributed by atoms with Crippen LogP contribution in [0.4, 0.5) is 0 Å². The summed E-state index contributed by atoms with van der Waals surface area (Å²) >= 11 is 0. The van der Waals surface area contributed by atoms with Gasteiger partial charge in [0, 0.05) is 0 Å². The number of unbranched alkanes of at least 4 members (excludes halogenated alkanes) is 2. The van der Waals surface area contributed by atoms with Crippen molar-refractivity contribution in [3.05, 3.63) is 6.42 Å². The Hall–Kier alpha value is -0.110. The van der Waals surface area contributed by atoms with Gasteiger partial charge in [0.05, 0.1) is 0 Å². The summed E-state index contributed by atoms with van der Waals surface area (Å²) in [5, 5.41) is 0. The quantitative estimate of drug-likeness (QED) is 0.281. The molecule has 0 aliphatic carbocycles. The molecule has 0 aliphatic heterocycles. The molecule has 0 aromatic heterocycles. The molecule has 0 fully saturated rings. The molecule has 62 valence electrons. The van der Waals surface area contributed by atoms with Crippen LogP contribution in [0.15, 0.2) is 0 Å². The van der Waals surface area contributed by atoms with E-state index >= 15 is 0 Å². The molecular weight excluding hydrogens is 167 g/mol. The van der Waals surface area contributed by atoms with Crippen molar-refractivity contribution in [2.24, 2.45) is 0 Å². The summed E-state index contributed by atoms with van der Waals surface area (Å²) in [6.45, 7) is -0.0288. The summed E-state index contributed by atoms with van der Waals surface area (Å²) in [5.41, 5.74) is 0. The van der Waals surface area contributed by atoms with Crippen LogP contribution in [0.5, 0.6) is 0 Å². The third-order valence-corrected chi connectivity index (χ3v) is 1.46. The second-order valence-corrected chi connectivity index (χ2v) is 3.13. The van der Waals surface area contributed by atoms with Crippen molar-refractivity contribution < 1.29 is 18.9 Å². The Kier molecular flexibility index (Phi) is 5.47. The minimum atomic E-state index is -4.53. The van der Waals surface area contributed by atoms with E-state index in [1.165, 1.54) is 0 Å². The van der Waals surface area contributed by atoms with Gasteiger partial charge in [-0.2, -0.15) is 0 Å². The topological polar surface area (TPSA) is 69.6 Å². The van der Waals surface area contributed by atoms with Gasteiger partial charge in [-0.25, -0.2) is 0 Å². The van der Waals surface area contributed by atoms with E-state index in [1.54, 1.807) is 0 Å². The minimum absolute atomic E-state index is 0.0288. The SMILES string of the molecule is [C+]#CCCCCOP(=O)([O-])O. The molecule has 0 heterocycles. The van der Waals surface area contributed by atoms with E-state index in [1.807, 2.05) is 0 Å². The average molecular weight is 176 g/mol. The zero-order valence-corrected chi connectivity index (χ0v) is 6.84. The summed E-state index contributed by atoms with van der Waals surface area (Å²) in [6, 6.07) is 0. The predicted molar refractivity (Wildman–Crippen MR) is 36.8 cm³/mol. The van der Waals surface area contributed by atoms with E-state index in [4.69, 9.17) is 11.3 Å². The molecule has 4 nitrogen and oxygen atoms in total. The van der Waals surface area contributed by atoms with Crippen molar-refractivity contribution in [2.75, 3.05) is 6.61 Å². The third kappa shape index (κ3) is 9.89. The second kappa shape index (κ2) is 5.53. The van der Waals surface area contributed by atoms with E-state index in [2.05, 4.69) is 10.4 Å². The van der Waals surface area contributed by atoms with Gasteiger partial charge in [-0.1, -0.05) is 0 Å². The van der Waals surface area contributed by atoms with Crippen molar-refractivity contribution in [3.8, 4) is 5.92 Å². The zero-order valence-electron chi connectivity index (χ0n) is 5.95. The normalized spacial score (nSPS) is 15.6. The number of phosphoric ester groups is 1. The maximum absolute atomic E-state index is 9.97. The van der Waals surface area contributed by atoms with Gasteiger partial charge in [-0.15, -0.1) is 0 Å². The molecule has 0 saturated carbocycles. The second-order valence-electron chi connectivity index (χ2n) is 1.94. The summed E-state index contributed by atoms with van der Waals surface area (Å²) in [7, 11) is -4.53. The van der Waals surface area contributed by atoms with Gasteiger partial charge in [0.15, 0.2) is 0 Å². The molecule has 0 bridgehead atoms. The van der Waals surface area contributed by atoms with Gasteiger partial charge in [0.25, 0.3) is 0 Å². The van der Waals surface area contributed by atoms with Gasteiger partial charge in [0.1, 0.15) is 0 Å². The number of hydrogen-bond acceptors (Lipinski definition) is 3. The van der Waals surface area contributed by atoms with Crippen molar-refractivity contribution >= 4 is 7.82 Å². The summed E-state index contributed by atoms with van der Waals surface area (Å²) in [5.74, 6) is 2.15. The number of hydrogen-bond donors (Lipinski definition) is 1. The predicted octanol–water partition coefficient (Wildman–Crippen LogP) is 0.224. The average Bonchev–Trinajstić information content (AvgIpc) is 1.85. The maximum atomic E-state index is 9.97. The molecule has 1 N–H and O–H groups in total. The third-order valence-electron chi connectivity index (χ3n) is 0.951. The fraction of sp³-hybridized carbons (Fsp3) is 0.667. The molecule has 0 saturated heterocycles. The van der Waals surface area contributed by atoms with Gasteiger partial charge in [0.2, 0.25) is 0 Å². The molecule has 0 aromatic carbocycles. The Labute approximate surface area is 65.8 Å². The van der Waals surface area contributed by atoms with Crippen LogP contribution in [-0.2, 0) is 9.09 Å². The van der Waals surface area contributed by atoms with Crippen LogP contribution < -0.4 is 4.89 Å². The van der Waals surface area contributed by atoms with Crippen LogP contribution in [0.25, 0.3) is 0 Å². The van der Waals surface area contributed by atoms with Crippen LogP contribution >= 0.6 is 7.82 Å². The molecular formula is C6H9O4P. The van der Waals surface area contributed by atoms with Gasteiger partial charge < -0.3 is 0 Å². The van der Waals surface area contributed by atoms with E-state index in [-0.39, 0.29) is 6.61 Å². The van der Waals surface area contributed by atoms with Gasteiger partial charge >= 0.3 is 64.9 Å². The molecule has 0 radical (unpaired) electrons. The van der Waals surface area contributed by atoms with E-state index in [9.17, 15) is 9.46 Å². The number of rotatable bonds is 5. The molecule has 1 unspecified atom stereocenters. The first-order valence-corrected chi connectivity index (χ1v) is 4.64. The first-order valence-electron chi connectivity index (χ1n) is 3.14. The number of phosphoric acid groups is 1. The molecule has 0 aromatic rings. The molecule has 0 rings (SSSR count). The van der Waals surface area contributed by atoms with Crippen LogP contribution in [0.3, 0.4) is 0 Å². The van der Waals surface area contributed by atoms with E-state index in [0.717, 1.165) is 0 Å². The molecule has 0 amide bonds. The van der Waals surface area contributed by atoms with Crippen molar-refractivity contribution in [1.29, 1.82) is 0 Å². The first-order chi connectivity index (χ1) is 5.06. The van der Waals surface area contributed by atoms with Crippen molar-refractivity contribution in [3.63, 3.8) is 0 Å². The Morgan fingerprint density at radius 1 is 1.64 bits per heavy atom. The Balaban J connectivity index is 3.17. The molecule has 0 aliphatic rings. The van der Waals surface area contributed by atoms with Crippen molar-refractivity contribution in [2.45, 2.75) is 19.3 Å². The van der Waals surface area contributed by atoms with E-state index in [0.29, 0.717) is 19.3 Å². The zero-order chi connectivity index (χ0) is 8.74. The Bertz CT molecular complexity index is 178. The fourth-order valence-electron chi connectivity index (χ4n) is 0.495. The van der Waals surface area contributed by atoms with Gasteiger partial charge in [-0.3, -0.25) is 0 Å². The standard InChI is InChI=1S/C6H9O4P/c1-2-3-4-5-6-10-11(7,8)9/h3-6H2,(H-,7,8,9). The monoisotopic (exact) mass is 176 g/mol. The summed E-state index contributed by atoms with van der Waals surface area (Å²) in [4.78, 5) is 18.1. The molecule has 1 atom stereocenters. The van der Waals surface area contributed by atoms with Gasteiger partial charge in [-0.05, 0) is 0 Å². The summed E-state index contributed by atoms with van der Waals surface area (Å²) < 4.78 is 14.0. The Morgan fingerprint density at radius 2 is 2.27 bits per heavy atom. The van der Waals surface area contributed by atoms with Crippen LogP contribution in [0, 0.1) is 12.3 Å². The molecule has 5 heteroatoms. The van der Waals surface area contributed by atoms with Crippen LogP contribution in [0.2, 0.25) is 0 Å². The summed E-state index contributed by atoms with van der Waals surface area (Å²) in [6.07, 6.45) is 8.13. The molecule has 0 spiro atoms. The Morgan fingerprint density at radius 3 is 2.73 bits per heavy atom. The van der Waals surface area contributed by atoms with Crippen LogP contribution in [0.1, 0.15) is 19.3 Å². The van der Waals surface area contributed by atoms with Crippen molar-refractivity contribution in [1.82, 2.24) is 0 Å². The van der Waals surface area contributed by atoms with Crippen LogP contribution in [-0.4, -0.2) is 11.5 Å². The molecule has 11 heavy (non-hydrogen) atoms. The van der Waals surface area contributed by atoms with E-state index < -0.39 is 7.82 Å². The first kappa shape index (κ1) is 10.9. The fourth-order valence-corrected chi connectivity index (χ4v) is 0.855.